The molecule has 2 unspecified atom stereocenters. The molecule has 2 nitrogen and oxygen atoms in total. The largest absolute Gasteiger partial charge is 0.508 e. The minimum absolute atomic E-state index is 0.0108. The molecule has 0 radical (unpaired) electrons. The van der Waals surface area contributed by atoms with E-state index in [0.29, 0.717) is 5.76 Å². The van der Waals surface area contributed by atoms with Crippen molar-refractivity contribution in [3.05, 3.63) is 58.7 Å². The summed E-state index contributed by atoms with van der Waals surface area (Å²) in [5, 5.41) is 11.7. The second kappa shape index (κ2) is 3.56. The molecule has 3 rings (SSSR count). The maximum Gasteiger partial charge on any atom is 0.126 e. The van der Waals surface area contributed by atoms with Crippen LogP contribution >= 0.6 is 0 Å². The van der Waals surface area contributed by atoms with Crippen LogP contribution in [0.3, 0.4) is 0 Å². The Labute approximate surface area is 93.5 Å². The SMILES string of the molecule is OC1=CC2C=c3ccccc3=COC2C=C1. The highest BCUT2D eigenvalue weighted by Gasteiger charge is 2.20. The molecule has 2 atom stereocenters. The smallest absolute Gasteiger partial charge is 0.126 e. The van der Waals surface area contributed by atoms with Crippen LogP contribution in [0.4, 0.5) is 0 Å². The molecule has 1 aromatic carbocycles. The second-order valence-electron chi connectivity index (χ2n) is 4.04. The molecule has 1 N–H and O–H groups in total. The molecule has 0 amide bonds. The molecule has 80 valence electrons. The van der Waals surface area contributed by atoms with E-state index in [9.17, 15) is 5.11 Å². The fourth-order valence-corrected chi connectivity index (χ4v) is 2.08. The first-order valence-corrected chi connectivity index (χ1v) is 5.34. The maximum atomic E-state index is 9.48. The quantitative estimate of drug-likeness (QED) is 0.701. The standard InChI is InChI=1S/C14H12O2/c15-13-5-6-14-12(8-13)7-10-3-1-2-4-11(10)9-16-14/h1-9,12,14-15H. The van der Waals surface area contributed by atoms with E-state index in [2.05, 4.69) is 12.1 Å². The van der Waals surface area contributed by atoms with Gasteiger partial charge in [0.25, 0.3) is 0 Å². The van der Waals surface area contributed by atoms with Crippen LogP contribution in [0.5, 0.6) is 0 Å². The fraction of sp³-hybridized carbons (Fsp3) is 0.143. The first-order chi connectivity index (χ1) is 7.83. The van der Waals surface area contributed by atoms with Crippen molar-refractivity contribution in [2.75, 3.05) is 0 Å². The highest BCUT2D eigenvalue weighted by Crippen LogP contribution is 2.21. The summed E-state index contributed by atoms with van der Waals surface area (Å²) in [6.45, 7) is 0. The van der Waals surface area contributed by atoms with E-state index in [1.807, 2.05) is 30.4 Å². The van der Waals surface area contributed by atoms with Crippen molar-refractivity contribution in [3.8, 4) is 0 Å². The number of hydrogen-bond donors (Lipinski definition) is 1. The topological polar surface area (TPSA) is 29.5 Å². The van der Waals surface area contributed by atoms with E-state index in [0.717, 1.165) is 10.4 Å². The van der Waals surface area contributed by atoms with Gasteiger partial charge in [0.05, 0.1) is 6.26 Å². The molecule has 0 saturated carbocycles. The van der Waals surface area contributed by atoms with Crippen molar-refractivity contribution in [2.45, 2.75) is 6.10 Å². The number of aliphatic hydroxyl groups excluding tert-OH is 1. The highest BCUT2D eigenvalue weighted by atomic mass is 16.5. The normalized spacial score (nSPS) is 26.1. The lowest BCUT2D eigenvalue weighted by atomic mass is 9.95. The Morgan fingerprint density at radius 1 is 1.06 bits per heavy atom. The third-order valence-corrected chi connectivity index (χ3v) is 2.92. The van der Waals surface area contributed by atoms with Crippen LogP contribution in [0.1, 0.15) is 0 Å². The molecule has 0 fully saturated rings. The Kier molecular flexibility index (Phi) is 2.07. The third kappa shape index (κ3) is 1.52. The maximum absolute atomic E-state index is 9.48. The van der Waals surface area contributed by atoms with E-state index in [4.69, 9.17) is 4.74 Å². The minimum Gasteiger partial charge on any atom is -0.508 e. The number of benzene rings is 1. The number of hydrogen-bond acceptors (Lipinski definition) is 2. The fourth-order valence-electron chi connectivity index (χ4n) is 2.08. The molecule has 1 aliphatic carbocycles. The molecule has 0 saturated heterocycles. The van der Waals surface area contributed by atoms with Crippen LogP contribution in [0.2, 0.25) is 0 Å². The van der Waals surface area contributed by atoms with Crippen LogP contribution in [0.25, 0.3) is 12.3 Å². The number of ether oxygens (including phenoxy) is 1. The van der Waals surface area contributed by atoms with E-state index in [-0.39, 0.29) is 12.0 Å². The molecule has 16 heavy (non-hydrogen) atoms. The van der Waals surface area contributed by atoms with Gasteiger partial charge in [-0.25, -0.2) is 0 Å². The summed E-state index contributed by atoms with van der Waals surface area (Å²) in [7, 11) is 0. The minimum atomic E-state index is -0.0108. The zero-order chi connectivity index (χ0) is 11.0. The lowest BCUT2D eigenvalue weighted by molar-refractivity contribution is 0.202. The van der Waals surface area contributed by atoms with Gasteiger partial charge in [0, 0.05) is 11.1 Å². The molecule has 2 aliphatic rings. The van der Waals surface area contributed by atoms with E-state index in [1.165, 1.54) is 0 Å². The Morgan fingerprint density at radius 2 is 1.88 bits per heavy atom. The monoisotopic (exact) mass is 212 g/mol. The van der Waals surface area contributed by atoms with Crippen molar-refractivity contribution < 1.29 is 9.84 Å². The van der Waals surface area contributed by atoms with Crippen molar-refractivity contribution >= 4 is 12.3 Å². The lowest BCUT2D eigenvalue weighted by Gasteiger charge is -2.20. The number of allylic oxidation sites excluding steroid dienone is 1. The van der Waals surface area contributed by atoms with Crippen LogP contribution in [-0.4, -0.2) is 11.2 Å². The van der Waals surface area contributed by atoms with Crippen LogP contribution in [0.15, 0.2) is 48.3 Å². The van der Waals surface area contributed by atoms with Crippen molar-refractivity contribution in [2.24, 2.45) is 5.92 Å². The predicted molar refractivity (Wildman–Crippen MR) is 62.8 cm³/mol. The molecule has 1 heterocycles. The van der Waals surface area contributed by atoms with Gasteiger partial charge in [-0.3, -0.25) is 0 Å². The van der Waals surface area contributed by atoms with Gasteiger partial charge in [0.2, 0.25) is 0 Å². The average molecular weight is 212 g/mol. The molecular weight excluding hydrogens is 200 g/mol. The van der Waals surface area contributed by atoms with Gasteiger partial charge < -0.3 is 9.84 Å². The van der Waals surface area contributed by atoms with Gasteiger partial charge in [0.15, 0.2) is 0 Å². The van der Waals surface area contributed by atoms with E-state index < -0.39 is 0 Å². The van der Waals surface area contributed by atoms with Gasteiger partial charge in [-0.15, -0.1) is 0 Å². The molecule has 0 aromatic heterocycles. The molecule has 2 heteroatoms. The summed E-state index contributed by atoms with van der Waals surface area (Å²) in [6, 6.07) is 8.08. The third-order valence-electron chi connectivity index (χ3n) is 2.92. The summed E-state index contributed by atoms with van der Waals surface area (Å²) in [6.07, 6.45) is 9.29. The van der Waals surface area contributed by atoms with Crippen molar-refractivity contribution in [3.63, 3.8) is 0 Å². The summed E-state index contributed by atoms with van der Waals surface area (Å²) < 4.78 is 5.68. The van der Waals surface area contributed by atoms with Gasteiger partial charge in [-0.05, 0) is 23.4 Å². The van der Waals surface area contributed by atoms with Crippen LogP contribution in [-0.2, 0) is 4.74 Å². The Morgan fingerprint density at radius 3 is 2.75 bits per heavy atom. The van der Waals surface area contributed by atoms with Crippen LogP contribution in [0, 0.1) is 5.92 Å². The summed E-state index contributed by atoms with van der Waals surface area (Å²) >= 11 is 0. The summed E-state index contributed by atoms with van der Waals surface area (Å²) in [5.41, 5.74) is 0. The van der Waals surface area contributed by atoms with Gasteiger partial charge >= 0.3 is 0 Å². The van der Waals surface area contributed by atoms with Gasteiger partial charge in [-0.2, -0.15) is 0 Å². The zero-order valence-corrected chi connectivity index (χ0v) is 8.71. The lowest BCUT2D eigenvalue weighted by Crippen LogP contribution is -2.24. The van der Waals surface area contributed by atoms with Gasteiger partial charge in [0.1, 0.15) is 11.9 Å². The summed E-state index contributed by atoms with van der Waals surface area (Å²) in [5.74, 6) is 0.408. The predicted octanol–water partition coefficient (Wildman–Crippen LogP) is 1.23. The molecular formula is C14H12O2. The van der Waals surface area contributed by atoms with Crippen molar-refractivity contribution in [1.29, 1.82) is 0 Å². The molecule has 0 bridgehead atoms. The molecule has 0 spiro atoms. The Bertz CT molecular complexity index is 581. The molecule has 1 aromatic rings. The van der Waals surface area contributed by atoms with E-state index in [1.54, 1.807) is 12.3 Å². The van der Waals surface area contributed by atoms with Crippen molar-refractivity contribution in [1.82, 2.24) is 0 Å². The van der Waals surface area contributed by atoms with E-state index >= 15 is 0 Å². The second-order valence-corrected chi connectivity index (χ2v) is 4.04. The number of fused-ring (bicyclic) bond motifs is 2. The molecule has 1 aliphatic heterocycles. The van der Waals surface area contributed by atoms with Crippen LogP contribution < -0.4 is 10.4 Å². The zero-order valence-electron chi connectivity index (χ0n) is 8.71. The first kappa shape index (κ1) is 9.28. The summed E-state index contributed by atoms with van der Waals surface area (Å²) in [4.78, 5) is 0. The first-order valence-electron chi connectivity index (χ1n) is 5.34. The average Bonchev–Trinajstić information content (AvgIpc) is 2.47. The number of rotatable bonds is 0. The highest BCUT2D eigenvalue weighted by molar-refractivity contribution is 5.41. The Hall–Kier alpha value is -1.96. The van der Waals surface area contributed by atoms with Gasteiger partial charge in [-0.1, -0.05) is 30.3 Å². The number of aliphatic hydroxyl groups is 1. The Balaban J connectivity index is 2.17.